The molecule has 13 heavy (non-hydrogen) atoms. The smallest absolute Gasteiger partial charge is 0.335 e. The van der Waals surface area contributed by atoms with Gasteiger partial charge in [-0.1, -0.05) is 0 Å². The molecule has 0 bridgehead atoms. The van der Waals surface area contributed by atoms with Crippen molar-refractivity contribution in [2.45, 2.75) is 0 Å². The lowest BCUT2D eigenvalue weighted by Gasteiger charge is -2.02. The number of halogens is 1. The largest absolute Gasteiger partial charge is 0.508 e. The molecule has 0 saturated carbocycles. The molecule has 0 saturated heterocycles. The van der Waals surface area contributed by atoms with E-state index >= 15 is 0 Å². The normalized spacial score (nSPS) is 8.69. The molecule has 1 aromatic rings. The molecule has 0 aliphatic carbocycles. The summed E-state index contributed by atoms with van der Waals surface area (Å²) < 4.78 is 0. The number of phenolic OH excluding ortho intramolecular Hbond substituents is 1. The Balaban J connectivity index is 0.00000144. The molecule has 1 aromatic carbocycles. The Kier molecular flexibility index (Phi) is 4.07. The minimum Gasteiger partial charge on any atom is -0.508 e. The molecule has 0 radical (unpaired) electrons. The molecule has 72 valence electrons. The Morgan fingerprint density at radius 1 is 1.38 bits per heavy atom. The maximum Gasteiger partial charge on any atom is 0.335 e. The first kappa shape index (κ1) is 11.6. The Labute approximate surface area is 81.6 Å². The topological polar surface area (TPSA) is 69.6 Å². The molecule has 0 aliphatic heterocycles. The number of phenols is 1. The third-order valence-electron chi connectivity index (χ3n) is 1.45. The van der Waals surface area contributed by atoms with Crippen LogP contribution in [0.1, 0.15) is 10.4 Å². The minimum atomic E-state index is -1.05. The zero-order valence-electron chi connectivity index (χ0n) is 6.94. The Morgan fingerprint density at radius 2 is 2.00 bits per heavy atom. The third kappa shape index (κ3) is 2.83. The number of aromatic hydroxyl groups is 1. The van der Waals surface area contributed by atoms with Crippen LogP contribution in [0.5, 0.6) is 5.75 Å². The van der Waals surface area contributed by atoms with Gasteiger partial charge in [0.05, 0.1) is 5.56 Å². The van der Waals surface area contributed by atoms with Gasteiger partial charge in [0, 0.05) is 18.8 Å². The molecule has 0 heterocycles. The van der Waals surface area contributed by atoms with Crippen molar-refractivity contribution in [3.63, 3.8) is 0 Å². The van der Waals surface area contributed by atoms with Gasteiger partial charge in [-0.3, -0.25) is 0 Å². The molecule has 0 aromatic heterocycles. The predicted molar refractivity (Wildman–Crippen MR) is 51.9 cm³/mol. The fourth-order valence-electron chi connectivity index (χ4n) is 0.879. The van der Waals surface area contributed by atoms with Gasteiger partial charge in [0.2, 0.25) is 0 Å². The first-order chi connectivity index (χ1) is 5.63. The van der Waals surface area contributed by atoms with Gasteiger partial charge in [-0.2, -0.15) is 0 Å². The van der Waals surface area contributed by atoms with Gasteiger partial charge in [0.1, 0.15) is 5.75 Å². The highest BCUT2D eigenvalue weighted by molar-refractivity contribution is 5.89. The second-order valence-electron chi connectivity index (χ2n) is 2.32. The predicted octanol–water partition coefficient (Wildman–Crippen LogP) is 1.55. The van der Waals surface area contributed by atoms with Crippen molar-refractivity contribution in [1.82, 2.24) is 0 Å². The first-order valence-corrected chi connectivity index (χ1v) is 3.38. The summed E-state index contributed by atoms with van der Waals surface area (Å²) in [6.45, 7) is 0. The van der Waals surface area contributed by atoms with E-state index in [-0.39, 0.29) is 23.7 Å². The van der Waals surface area contributed by atoms with E-state index in [0.29, 0.717) is 5.69 Å². The maximum absolute atomic E-state index is 10.5. The second kappa shape index (κ2) is 4.57. The van der Waals surface area contributed by atoms with Crippen molar-refractivity contribution >= 4 is 24.1 Å². The van der Waals surface area contributed by atoms with Gasteiger partial charge in [-0.25, -0.2) is 4.79 Å². The van der Waals surface area contributed by atoms with E-state index in [2.05, 4.69) is 5.32 Å². The molecule has 0 fully saturated rings. The standard InChI is InChI=1S/C8H9NO3.ClH/c1-9-6-2-5(8(11)12)3-7(10)4-6;/h2-4,9-10H,1H3,(H,11,12);1H. The highest BCUT2D eigenvalue weighted by Gasteiger charge is 2.04. The minimum absolute atomic E-state index is 0. The molecule has 1 rings (SSSR count). The average Bonchev–Trinajstić information content (AvgIpc) is 2.03. The Morgan fingerprint density at radius 3 is 2.46 bits per heavy atom. The van der Waals surface area contributed by atoms with Crippen molar-refractivity contribution in [2.75, 3.05) is 12.4 Å². The summed E-state index contributed by atoms with van der Waals surface area (Å²) in [5.74, 6) is -1.11. The van der Waals surface area contributed by atoms with Crippen LogP contribution in [0, 0.1) is 0 Å². The molecular weight excluding hydrogens is 194 g/mol. The van der Waals surface area contributed by atoms with Gasteiger partial charge >= 0.3 is 5.97 Å². The van der Waals surface area contributed by atoms with E-state index in [1.54, 1.807) is 7.05 Å². The summed E-state index contributed by atoms with van der Waals surface area (Å²) in [5, 5.41) is 20.4. The molecule has 4 nitrogen and oxygen atoms in total. The number of hydrogen-bond acceptors (Lipinski definition) is 3. The van der Waals surface area contributed by atoms with Crippen LogP contribution >= 0.6 is 12.4 Å². The molecule has 0 unspecified atom stereocenters. The number of nitrogens with one attached hydrogen (secondary N) is 1. The fourth-order valence-corrected chi connectivity index (χ4v) is 0.879. The SMILES string of the molecule is CNc1cc(O)cc(C(=O)O)c1.Cl. The van der Waals surface area contributed by atoms with Crippen LogP contribution < -0.4 is 5.32 Å². The van der Waals surface area contributed by atoms with Crippen LogP contribution in [-0.4, -0.2) is 23.2 Å². The lowest BCUT2D eigenvalue weighted by molar-refractivity contribution is 0.0696. The number of rotatable bonds is 2. The van der Waals surface area contributed by atoms with Crippen LogP contribution in [0.3, 0.4) is 0 Å². The molecule has 0 amide bonds. The summed E-state index contributed by atoms with van der Waals surface area (Å²) in [7, 11) is 1.65. The van der Waals surface area contributed by atoms with E-state index in [1.165, 1.54) is 18.2 Å². The molecule has 0 atom stereocenters. The van der Waals surface area contributed by atoms with Gasteiger partial charge in [-0.05, 0) is 12.1 Å². The number of benzene rings is 1. The third-order valence-corrected chi connectivity index (χ3v) is 1.45. The Hall–Kier alpha value is -1.42. The summed E-state index contributed by atoms with van der Waals surface area (Å²) in [4.78, 5) is 10.5. The number of hydrogen-bond donors (Lipinski definition) is 3. The van der Waals surface area contributed by atoms with Crippen LogP contribution in [-0.2, 0) is 0 Å². The van der Waals surface area contributed by atoms with Crippen LogP contribution in [0.2, 0.25) is 0 Å². The average molecular weight is 204 g/mol. The van der Waals surface area contributed by atoms with Crippen molar-refractivity contribution < 1.29 is 15.0 Å². The van der Waals surface area contributed by atoms with Gasteiger partial charge in [0.25, 0.3) is 0 Å². The van der Waals surface area contributed by atoms with Crippen molar-refractivity contribution in [3.05, 3.63) is 23.8 Å². The van der Waals surface area contributed by atoms with Crippen LogP contribution in [0.15, 0.2) is 18.2 Å². The summed E-state index contributed by atoms with van der Waals surface area (Å²) in [6.07, 6.45) is 0. The monoisotopic (exact) mass is 203 g/mol. The zero-order valence-corrected chi connectivity index (χ0v) is 7.76. The van der Waals surface area contributed by atoms with E-state index in [4.69, 9.17) is 10.2 Å². The number of carbonyl (C=O) groups is 1. The highest BCUT2D eigenvalue weighted by atomic mass is 35.5. The first-order valence-electron chi connectivity index (χ1n) is 3.38. The van der Waals surface area contributed by atoms with E-state index in [9.17, 15) is 4.79 Å². The van der Waals surface area contributed by atoms with Crippen molar-refractivity contribution in [3.8, 4) is 5.75 Å². The summed E-state index contributed by atoms with van der Waals surface area (Å²) in [6, 6.07) is 4.09. The van der Waals surface area contributed by atoms with Gasteiger partial charge in [-0.15, -0.1) is 12.4 Å². The van der Waals surface area contributed by atoms with Gasteiger partial charge in [0.15, 0.2) is 0 Å². The van der Waals surface area contributed by atoms with Crippen molar-refractivity contribution in [1.29, 1.82) is 0 Å². The molecular formula is C8H10ClNO3. The lowest BCUT2D eigenvalue weighted by atomic mass is 10.2. The van der Waals surface area contributed by atoms with E-state index < -0.39 is 5.97 Å². The number of anilines is 1. The summed E-state index contributed by atoms with van der Waals surface area (Å²) in [5.41, 5.74) is 0.645. The van der Waals surface area contributed by atoms with Crippen LogP contribution in [0.4, 0.5) is 5.69 Å². The molecule has 0 aliphatic rings. The van der Waals surface area contributed by atoms with Crippen molar-refractivity contribution in [2.24, 2.45) is 0 Å². The quantitative estimate of drug-likeness (QED) is 0.682. The fraction of sp³-hybridized carbons (Fsp3) is 0.125. The highest BCUT2D eigenvalue weighted by Crippen LogP contribution is 2.18. The Bertz CT molecular complexity index is 314. The lowest BCUT2D eigenvalue weighted by Crippen LogP contribution is -1.97. The zero-order chi connectivity index (χ0) is 9.14. The maximum atomic E-state index is 10.5. The number of carboxylic acid groups (broad SMARTS) is 1. The van der Waals surface area contributed by atoms with Gasteiger partial charge < -0.3 is 15.5 Å². The molecule has 3 N–H and O–H groups in total. The molecule has 0 spiro atoms. The summed E-state index contributed by atoms with van der Waals surface area (Å²) >= 11 is 0. The second-order valence-corrected chi connectivity index (χ2v) is 2.32. The number of aromatic carboxylic acids is 1. The van der Waals surface area contributed by atoms with Crippen LogP contribution in [0.25, 0.3) is 0 Å². The molecule has 5 heteroatoms. The van der Waals surface area contributed by atoms with E-state index in [1.807, 2.05) is 0 Å². The number of carboxylic acids is 1. The van der Waals surface area contributed by atoms with E-state index in [0.717, 1.165) is 0 Å².